The van der Waals surface area contributed by atoms with Gasteiger partial charge in [0.15, 0.2) is 5.82 Å². The van der Waals surface area contributed by atoms with Crippen molar-refractivity contribution in [3.63, 3.8) is 0 Å². The fourth-order valence-electron chi connectivity index (χ4n) is 7.00. The highest BCUT2D eigenvalue weighted by Gasteiger charge is 2.57. The number of aromatic amines is 1. The number of hydrogen-bond donors (Lipinski definition) is 3. The van der Waals surface area contributed by atoms with Crippen molar-refractivity contribution in [1.82, 2.24) is 30.2 Å². The van der Waals surface area contributed by atoms with Crippen molar-refractivity contribution in [2.24, 2.45) is 0 Å². The third-order valence-electron chi connectivity index (χ3n) is 10.3. The zero-order valence-electron chi connectivity index (χ0n) is 29.1. The van der Waals surface area contributed by atoms with Crippen LogP contribution in [-0.2, 0) is 27.1 Å². The van der Waals surface area contributed by atoms with Crippen LogP contribution >= 0.6 is 23.2 Å². The molecule has 0 saturated heterocycles. The number of nitrogens with zero attached hydrogens (tertiary/aromatic N) is 4. The molecule has 0 unspecified atom stereocenters. The van der Waals surface area contributed by atoms with Crippen LogP contribution in [-0.4, -0.2) is 49.1 Å². The number of aromatic nitrogens is 4. The molecule has 12 nitrogen and oxygen atoms in total. The summed E-state index contributed by atoms with van der Waals surface area (Å²) in [4.78, 5) is 66.6. The van der Waals surface area contributed by atoms with Crippen molar-refractivity contribution in [3.8, 4) is 16.9 Å². The number of ether oxygens (including phenoxy) is 1. The number of carbonyl (C=O) groups excluding carboxylic acids is 3. The predicted molar refractivity (Wildman–Crippen MR) is 195 cm³/mol. The van der Waals surface area contributed by atoms with Crippen molar-refractivity contribution in [2.45, 2.75) is 62.0 Å². The Balaban J connectivity index is 1.06. The average Bonchev–Trinajstić information content (AvgIpc) is 4.06. The number of pyridine rings is 2. The Morgan fingerprint density at radius 1 is 0.911 bits per heavy atom. The summed E-state index contributed by atoms with van der Waals surface area (Å²) in [5, 5.41) is 5.20. The van der Waals surface area contributed by atoms with E-state index in [-0.39, 0.29) is 39.4 Å². The van der Waals surface area contributed by atoms with Gasteiger partial charge in [-0.25, -0.2) is 14.3 Å². The fourth-order valence-corrected chi connectivity index (χ4v) is 7.47. The SMILES string of the molecule is C[C@@]1(Cc2ccc(OC(F)(F)F)cc2)C(=O)N(c2cc(Cl)c(F)c(Cl)c2)c2ncc(C(=O)NC3(C(=O)NC4(c5ccc(-c6ccc(=O)[nH]c6)cn5)CC4)CC3)n21. The monoisotopic (exact) mass is 809 g/mol. The second-order valence-electron chi connectivity index (χ2n) is 14.2. The summed E-state index contributed by atoms with van der Waals surface area (Å²) in [5.74, 6) is -3.17. The van der Waals surface area contributed by atoms with Gasteiger partial charge in [0.25, 0.3) is 11.8 Å². The number of hydrogen-bond acceptors (Lipinski definition) is 7. The van der Waals surface area contributed by atoms with E-state index in [4.69, 9.17) is 23.2 Å². The molecule has 2 aromatic carbocycles. The van der Waals surface area contributed by atoms with Crippen LogP contribution in [0.3, 0.4) is 0 Å². The third-order valence-corrected chi connectivity index (χ3v) is 10.8. The predicted octanol–water partition coefficient (Wildman–Crippen LogP) is 6.68. The highest BCUT2D eigenvalue weighted by molar-refractivity contribution is 6.35. The van der Waals surface area contributed by atoms with E-state index in [1.807, 2.05) is 12.1 Å². The minimum absolute atomic E-state index is 0.0407. The van der Waals surface area contributed by atoms with Crippen LogP contribution in [0.2, 0.25) is 10.0 Å². The van der Waals surface area contributed by atoms with E-state index in [2.05, 4.69) is 30.3 Å². The first-order valence-electron chi connectivity index (χ1n) is 17.2. The maximum Gasteiger partial charge on any atom is 0.573 e. The molecule has 3 amide bonds. The Bertz CT molecular complexity index is 2440. The summed E-state index contributed by atoms with van der Waals surface area (Å²) in [6.45, 7) is 1.52. The second-order valence-corrected chi connectivity index (χ2v) is 15.0. The maximum atomic E-state index is 14.4. The largest absolute Gasteiger partial charge is 0.573 e. The van der Waals surface area contributed by atoms with E-state index in [0.717, 1.165) is 28.2 Å². The van der Waals surface area contributed by atoms with Gasteiger partial charge in [-0.05, 0) is 80.1 Å². The lowest BCUT2D eigenvalue weighted by atomic mass is 9.91. The summed E-state index contributed by atoms with van der Waals surface area (Å²) in [7, 11) is 0. The lowest BCUT2D eigenvalue weighted by molar-refractivity contribution is -0.274. The van der Waals surface area contributed by atoms with Gasteiger partial charge in [0.05, 0.1) is 33.2 Å². The molecule has 1 aliphatic heterocycles. The van der Waals surface area contributed by atoms with E-state index >= 15 is 0 Å². The van der Waals surface area contributed by atoms with Crippen LogP contribution in [0, 0.1) is 5.82 Å². The van der Waals surface area contributed by atoms with Gasteiger partial charge >= 0.3 is 6.36 Å². The number of nitrogens with one attached hydrogen (secondary N) is 3. The summed E-state index contributed by atoms with van der Waals surface area (Å²) in [6.07, 6.45) is 1.35. The Kier molecular flexibility index (Phi) is 8.76. The molecule has 2 aliphatic carbocycles. The van der Waals surface area contributed by atoms with E-state index < -0.39 is 52.3 Å². The lowest BCUT2D eigenvalue weighted by Crippen LogP contribution is -2.52. The molecule has 5 aromatic rings. The Labute approximate surface area is 324 Å². The topological polar surface area (TPSA) is 151 Å². The second kappa shape index (κ2) is 13.2. The first kappa shape index (κ1) is 37.2. The zero-order valence-corrected chi connectivity index (χ0v) is 30.7. The van der Waals surface area contributed by atoms with Crippen LogP contribution in [0.15, 0.2) is 84.0 Å². The minimum atomic E-state index is -4.91. The maximum absolute atomic E-state index is 14.4. The summed E-state index contributed by atoms with van der Waals surface area (Å²) in [6, 6.07) is 14.0. The van der Waals surface area contributed by atoms with Crippen LogP contribution < -0.4 is 25.8 Å². The van der Waals surface area contributed by atoms with Gasteiger partial charge < -0.3 is 20.4 Å². The number of H-pyrrole nitrogens is 1. The fraction of sp³-hybridized carbons (Fsp3) is 0.263. The molecular formula is C38H29Cl2F4N7O5. The molecule has 8 rings (SSSR count). The van der Waals surface area contributed by atoms with E-state index in [1.165, 1.54) is 48.0 Å². The van der Waals surface area contributed by atoms with Crippen molar-refractivity contribution >= 4 is 52.6 Å². The van der Waals surface area contributed by atoms with Gasteiger partial charge in [0, 0.05) is 30.4 Å². The molecular weight excluding hydrogens is 781 g/mol. The van der Waals surface area contributed by atoms with Crippen LogP contribution in [0.4, 0.5) is 29.2 Å². The molecule has 3 N–H and O–H groups in total. The number of halogens is 6. The summed E-state index contributed by atoms with van der Waals surface area (Å²) < 4.78 is 58.3. The molecule has 3 aliphatic rings. The first-order valence-corrected chi connectivity index (χ1v) is 18.0. The highest BCUT2D eigenvalue weighted by Crippen LogP contribution is 2.48. The normalized spacial score (nSPS) is 19.0. The van der Waals surface area contributed by atoms with Crippen LogP contribution in [0.1, 0.15) is 54.4 Å². The van der Waals surface area contributed by atoms with Crippen molar-refractivity contribution in [3.05, 3.63) is 122 Å². The minimum Gasteiger partial charge on any atom is -0.406 e. The van der Waals surface area contributed by atoms with Gasteiger partial charge in [-0.1, -0.05) is 41.4 Å². The first-order chi connectivity index (χ1) is 26.5. The number of rotatable bonds is 10. The third kappa shape index (κ3) is 6.66. The van der Waals surface area contributed by atoms with Gasteiger partial charge in [-0.2, -0.15) is 0 Å². The summed E-state index contributed by atoms with van der Waals surface area (Å²) >= 11 is 12.2. The van der Waals surface area contributed by atoms with Crippen LogP contribution in [0.5, 0.6) is 5.75 Å². The van der Waals surface area contributed by atoms with Gasteiger partial charge in [-0.15, -0.1) is 13.2 Å². The molecule has 56 heavy (non-hydrogen) atoms. The van der Waals surface area contributed by atoms with E-state index in [0.29, 0.717) is 36.9 Å². The van der Waals surface area contributed by atoms with Crippen molar-refractivity contribution in [1.29, 1.82) is 0 Å². The summed E-state index contributed by atoms with van der Waals surface area (Å²) in [5.41, 5.74) is -1.30. The molecule has 1 atom stereocenters. The molecule has 288 valence electrons. The highest BCUT2D eigenvalue weighted by atomic mass is 35.5. The molecule has 4 heterocycles. The molecule has 3 aromatic heterocycles. The molecule has 0 spiro atoms. The lowest BCUT2D eigenvalue weighted by Gasteiger charge is -2.27. The molecule has 2 saturated carbocycles. The number of benzene rings is 2. The Morgan fingerprint density at radius 2 is 1.59 bits per heavy atom. The van der Waals surface area contributed by atoms with Crippen LogP contribution in [0.25, 0.3) is 11.1 Å². The zero-order chi connectivity index (χ0) is 39.8. The van der Waals surface area contributed by atoms with E-state index in [1.54, 1.807) is 18.5 Å². The number of alkyl halides is 3. The molecule has 2 fully saturated rings. The number of anilines is 2. The average molecular weight is 811 g/mol. The van der Waals surface area contributed by atoms with Gasteiger partial charge in [0.2, 0.25) is 17.4 Å². The number of amides is 3. The Hall–Kier alpha value is -5.74. The van der Waals surface area contributed by atoms with Crippen molar-refractivity contribution < 1.29 is 36.7 Å². The Morgan fingerprint density at radius 3 is 2.16 bits per heavy atom. The molecule has 0 radical (unpaired) electrons. The van der Waals surface area contributed by atoms with Gasteiger partial charge in [0.1, 0.15) is 22.5 Å². The number of carbonyl (C=O) groups is 3. The standard InChI is InChI=1S/C38H29Cl2F4N7O5/c1-35(16-20-2-6-24(7-3-20)56-38(42,43)44)33(55)50(23-14-25(39)30(41)26(40)15-23)34-47-19-27(51(34)35)31(53)48-37(12-13-37)32(54)49-36(10-11-36)28-8-4-21(17-45-28)22-5-9-29(52)46-18-22/h2-9,14-15,17-19H,10-13,16H2,1H3,(H,46,52)(H,48,53)(H,49,54)/t35-/m1/s1. The van der Waals surface area contributed by atoms with Crippen molar-refractivity contribution in [2.75, 3.05) is 4.90 Å². The molecule has 0 bridgehead atoms. The van der Waals surface area contributed by atoms with Gasteiger partial charge in [-0.3, -0.25) is 28.7 Å². The quantitative estimate of drug-likeness (QED) is 0.105. The smallest absolute Gasteiger partial charge is 0.406 e. The molecule has 18 heteroatoms. The number of fused-ring (bicyclic) bond motifs is 1. The van der Waals surface area contributed by atoms with E-state index in [9.17, 15) is 36.7 Å². The number of imidazole rings is 1.